The van der Waals surface area contributed by atoms with Gasteiger partial charge in [-0.15, -0.1) is 0 Å². The summed E-state index contributed by atoms with van der Waals surface area (Å²) < 4.78 is 34.1. The summed E-state index contributed by atoms with van der Waals surface area (Å²) in [6.45, 7) is 0. The van der Waals surface area contributed by atoms with Crippen molar-refractivity contribution in [2.75, 3.05) is 0 Å². The van der Waals surface area contributed by atoms with Gasteiger partial charge in [-0.2, -0.15) is 0 Å². The van der Waals surface area contributed by atoms with E-state index in [1.807, 2.05) is 0 Å². The maximum Gasteiger partial charge on any atom is 3.00 e. The van der Waals surface area contributed by atoms with E-state index >= 15 is 0 Å². The largest absolute Gasteiger partial charge is 3.00 e. The van der Waals surface area contributed by atoms with Gasteiger partial charge in [-0.05, 0) is 0 Å². The molecule has 0 saturated carbocycles. The quantitative estimate of drug-likeness (QED) is 0.281. The number of hydrogen-bond donors (Lipinski definition) is 0. The fraction of sp³-hybridized carbons (Fsp3) is 0. The van der Waals surface area contributed by atoms with E-state index in [9.17, 15) is 0 Å². The van der Waals surface area contributed by atoms with Gasteiger partial charge in [-0.1, -0.05) is 0 Å². The van der Waals surface area contributed by atoms with Crippen LogP contribution in [0, 0.1) is 0 Å². The van der Waals surface area contributed by atoms with Crippen molar-refractivity contribution in [3.8, 4) is 0 Å². The van der Waals surface area contributed by atoms with Crippen LogP contribution in [0.15, 0.2) is 0 Å². The van der Waals surface area contributed by atoms with Gasteiger partial charge in [-0.3, -0.25) is 8.42 Å². The predicted octanol–water partition coefficient (Wildman–Crippen LogP) is -4.34. The average molecular weight is 184 g/mol. The summed E-state index contributed by atoms with van der Waals surface area (Å²) in [6, 6.07) is 0. The van der Waals surface area contributed by atoms with Crippen LogP contribution in [0.1, 0.15) is 0 Å². The van der Waals surface area contributed by atoms with E-state index in [0.29, 0.717) is 0 Å². The van der Waals surface area contributed by atoms with Crippen LogP contribution in [0.25, 0.3) is 0 Å². The molecule has 0 N–H and O–H groups in total. The molecule has 0 saturated heterocycles. The molecule has 0 spiro atoms. The van der Waals surface area contributed by atoms with Crippen molar-refractivity contribution >= 4 is 10.4 Å². The van der Waals surface area contributed by atoms with E-state index in [0.717, 1.165) is 0 Å². The monoisotopic (exact) mass is 183 g/mol. The van der Waals surface area contributed by atoms with Gasteiger partial charge in [0.05, 0.1) is 0 Å². The van der Waals surface area contributed by atoms with Crippen LogP contribution >= 0.6 is 0 Å². The Labute approximate surface area is 58.0 Å². The van der Waals surface area contributed by atoms with Gasteiger partial charge in [-0.25, -0.2) is 0 Å². The third kappa shape index (κ3) is 307. The summed E-state index contributed by atoms with van der Waals surface area (Å²) >= 11 is 0. The van der Waals surface area contributed by atoms with Gasteiger partial charge < -0.3 is 21.5 Å². The molecule has 43 valence electrons. The minimum atomic E-state index is -5.17. The van der Waals surface area contributed by atoms with E-state index in [1.54, 1.807) is 0 Å². The maximum atomic E-state index is 8.52. The Hall–Kier alpha value is 0.692. The Kier molecular flexibility index (Phi) is 10.8. The molecule has 1 radical (unpaired) electrons. The standard InChI is InChI=1S/ClH.Cr.H2O4S/c;;1-5(2,3)4/h1H;;(H2,1,2,3,4)/q;+3;/p-3. The first kappa shape index (κ1) is 15.6. The van der Waals surface area contributed by atoms with Crippen molar-refractivity contribution in [1.29, 1.82) is 0 Å². The molecule has 4 nitrogen and oxygen atoms in total. The SMILES string of the molecule is O=S(=O)([O-])[O-].[Cl-].[Cr+3]. The molecule has 0 aliphatic rings. The normalized spacial score (nSPS) is 8.29. The molecule has 0 fully saturated rings. The Morgan fingerprint density at radius 1 is 1.14 bits per heavy atom. The average Bonchev–Trinajstić information content (AvgIpc) is 0.722. The second-order valence-corrected chi connectivity index (χ2v) is 1.22. The van der Waals surface area contributed by atoms with Gasteiger partial charge in [0.15, 0.2) is 0 Å². The summed E-state index contributed by atoms with van der Waals surface area (Å²) in [4.78, 5) is 0. The van der Waals surface area contributed by atoms with Crippen LogP contribution in [0.3, 0.4) is 0 Å². The third-order valence-electron chi connectivity index (χ3n) is 0. The van der Waals surface area contributed by atoms with Crippen molar-refractivity contribution < 1.29 is 47.3 Å². The predicted molar refractivity (Wildman–Crippen MR) is 10.5 cm³/mol. The van der Waals surface area contributed by atoms with Crippen LogP contribution < -0.4 is 12.4 Å². The summed E-state index contributed by atoms with van der Waals surface area (Å²) in [5, 5.41) is 0. The second kappa shape index (κ2) is 4.84. The Balaban J connectivity index is -0.0000000800. The molecule has 0 amide bonds. The zero-order chi connectivity index (χ0) is 4.50. The van der Waals surface area contributed by atoms with E-state index in [2.05, 4.69) is 0 Å². The van der Waals surface area contributed by atoms with Gasteiger partial charge >= 0.3 is 17.4 Å². The number of rotatable bonds is 0. The van der Waals surface area contributed by atoms with Gasteiger partial charge in [0.1, 0.15) is 0 Å². The molecule has 7 heavy (non-hydrogen) atoms. The first-order valence-electron chi connectivity index (χ1n) is 0.667. The van der Waals surface area contributed by atoms with Crippen LogP contribution in [-0.2, 0) is 27.8 Å². The molecule has 0 aliphatic carbocycles. The number of halogens is 1. The van der Waals surface area contributed by atoms with Crippen LogP contribution in [0.4, 0.5) is 0 Å². The van der Waals surface area contributed by atoms with Crippen LogP contribution in [0.5, 0.6) is 0 Å². The van der Waals surface area contributed by atoms with Crippen molar-refractivity contribution in [3.63, 3.8) is 0 Å². The van der Waals surface area contributed by atoms with Gasteiger partial charge in [0, 0.05) is 10.4 Å². The summed E-state index contributed by atoms with van der Waals surface area (Å²) in [7, 11) is -5.17. The molecule has 0 aromatic rings. The van der Waals surface area contributed by atoms with Crippen molar-refractivity contribution in [2.45, 2.75) is 0 Å². The van der Waals surface area contributed by atoms with E-state index < -0.39 is 10.4 Å². The summed E-state index contributed by atoms with van der Waals surface area (Å²) in [6.07, 6.45) is 0. The fourth-order valence-electron chi connectivity index (χ4n) is 0. The first-order chi connectivity index (χ1) is 2.00. The second-order valence-electron chi connectivity index (χ2n) is 0.408. The van der Waals surface area contributed by atoms with E-state index in [4.69, 9.17) is 17.5 Å². The molecule has 7 heteroatoms. The zero-order valence-corrected chi connectivity index (χ0v) is 5.67. The van der Waals surface area contributed by atoms with Crippen LogP contribution in [0.2, 0.25) is 0 Å². The summed E-state index contributed by atoms with van der Waals surface area (Å²) in [5.74, 6) is 0. The van der Waals surface area contributed by atoms with Crippen LogP contribution in [-0.4, -0.2) is 17.5 Å². The van der Waals surface area contributed by atoms with Gasteiger partial charge in [0.25, 0.3) is 0 Å². The van der Waals surface area contributed by atoms with Crippen molar-refractivity contribution in [1.82, 2.24) is 0 Å². The minimum absolute atomic E-state index is 0. The number of hydrogen-bond acceptors (Lipinski definition) is 4. The molecular weight excluding hydrogens is 184 g/mol. The molecule has 0 atom stereocenters. The first-order valence-corrected chi connectivity index (χ1v) is 2.00. The molecule has 0 rings (SSSR count). The maximum absolute atomic E-state index is 8.52. The Bertz CT molecular complexity index is 94.9. The molecule has 0 heterocycles. The molecular formula is ClCrO4S. The van der Waals surface area contributed by atoms with Gasteiger partial charge in [0.2, 0.25) is 0 Å². The summed E-state index contributed by atoms with van der Waals surface area (Å²) in [5.41, 5.74) is 0. The molecule has 0 aromatic carbocycles. The fourth-order valence-corrected chi connectivity index (χ4v) is 0. The van der Waals surface area contributed by atoms with E-state index in [1.165, 1.54) is 0 Å². The van der Waals surface area contributed by atoms with Crippen molar-refractivity contribution in [3.05, 3.63) is 0 Å². The molecule has 0 unspecified atom stereocenters. The molecule has 0 aliphatic heterocycles. The topological polar surface area (TPSA) is 80.3 Å². The van der Waals surface area contributed by atoms with Crippen molar-refractivity contribution in [2.24, 2.45) is 0 Å². The molecule has 0 aromatic heterocycles. The Morgan fingerprint density at radius 2 is 1.14 bits per heavy atom. The minimum Gasteiger partial charge on any atom is -1.00 e. The third-order valence-corrected chi connectivity index (χ3v) is 0. The molecule has 0 bridgehead atoms. The Morgan fingerprint density at radius 3 is 1.14 bits per heavy atom. The zero-order valence-electron chi connectivity index (χ0n) is 2.83. The smallest absolute Gasteiger partial charge is 1.00 e. The van der Waals surface area contributed by atoms with E-state index in [-0.39, 0.29) is 29.8 Å².